The molecule has 0 N–H and O–H groups in total. The Kier molecular flexibility index (Phi) is 4.05. The Morgan fingerprint density at radius 1 is 1.59 bits per heavy atom. The summed E-state index contributed by atoms with van der Waals surface area (Å²) in [6.07, 6.45) is 1.22. The summed E-state index contributed by atoms with van der Waals surface area (Å²) in [5, 5.41) is 3.79. The van der Waals surface area contributed by atoms with Crippen LogP contribution in [0.5, 0.6) is 0 Å². The van der Waals surface area contributed by atoms with Crippen LogP contribution in [0.25, 0.3) is 0 Å². The maximum absolute atomic E-state index is 11.6. The van der Waals surface area contributed by atoms with Gasteiger partial charge < -0.3 is 9.29 Å². The maximum Gasteiger partial charge on any atom is 0.342 e. The second kappa shape index (κ2) is 4.97. The van der Waals surface area contributed by atoms with Gasteiger partial charge in [-0.2, -0.15) is 5.10 Å². The van der Waals surface area contributed by atoms with Gasteiger partial charge in [-0.05, 0) is 38.8 Å². The molecule has 6 nitrogen and oxygen atoms in total. The van der Waals surface area contributed by atoms with Crippen LogP contribution in [-0.4, -0.2) is 31.1 Å². The molecule has 0 aliphatic heterocycles. The van der Waals surface area contributed by atoms with Gasteiger partial charge in [-0.25, -0.2) is 4.79 Å². The molecule has 1 unspecified atom stereocenters. The van der Waals surface area contributed by atoms with Crippen LogP contribution >= 0.6 is 0 Å². The Morgan fingerprint density at radius 2 is 2.18 bits per heavy atom. The van der Waals surface area contributed by atoms with Crippen molar-refractivity contribution in [2.24, 2.45) is 0 Å². The van der Waals surface area contributed by atoms with Gasteiger partial charge >= 0.3 is 5.97 Å². The van der Waals surface area contributed by atoms with E-state index in [0.29, 0.717) is 0 Å². The number of carbonyl (C=O) groups is 1. The molecule has 0 aliphatic carbocycles. The van der Waals surface area contributed by atoms with Crippen molar-refractivity contribution in [2.75, 3.05) is 6.61 Å². The van der Waals surface area contributed by atoms with Crippen LogP contribution in [0.3, 0.4) is 0 Å². The van der Waals surface area contributed by atoms with Gasteiger partial charge in [0.15, 0.2) is 0 Å². The number of aromatic nitrogens is 2. The third kappa shape index (κ3) is 2.92. The van der Waals surface area contributed by atoms with E-state index >= 15 is 0 Å². The lowest BCUT2D eigenvalue weighted by atomic mass is 10.1. The summed E-state index contributed by atoms with van der Waals surface area (Å²) in [5.74, 6) is -0.679. The largest absolute Gasteiger partial charge is 0.767 e. The van der Waals surface area contributed by atoms with Gasteiger partial charge in [-0.15, -0.1) is 0 Å². The number of rotatable bonds is 3. The summed E-state index contributed by atoms with van der Waals surface area (Å²) in [7, 11) is 0. The number of nitrogens with zero attached hydrogens (tertiary/aromatic N) is 2. The highest BCUT2D eigenvalue weighted by molar-refractivity contribution is 7.79. The second-order valence-corrected chi connectivity index (χ2v) is 5.26. The number of esters is 1. The van der Waals surface area contributed by atoms with E-state index in [1.54, 1.807) is 27.7 Å². The third-order valence-electron chi connectivity index (χ3n) is 2.01. The Morgan fingerprint density at radius 3 is 2.59 bits per heavy atom. The number of carbonyl (C=O) groups excluding carboxylic acids is 1. The van der Waals surface area contributed by atoms with Gasteiger partial charge in [-0.1, -0.05) is 0 Å². The van der Waals surface area contributed by atoms with Crippen molar-refractivity contribution < 1.29 is 18.3 Å². The molecule has 0 aromatic carbocycles. The molecule has 0 spiro atoms. The van der Waals surface area contributed by atoms with Crippen LogP contribution in [0, 0.1) is 0 Å². The SMILES string of the molecule is CCOC(=O)c1cnn(C(C)(C)C)c1S(=O)[O-]. The van der Waals surface area contributed by atoms with Gasteiger partial charge in [0.05, 0.1) is 18.3 Å². The van der Waals surface area contributed by atoms with Crippen LogP contribution in [0.15, 0.2) is 11.2 Å². The molecule has 0 bridgehead atoms. The van der Waals surface area contributed by atoms with E-state index in [-0.39, 0.29) is 17.2 Å². The first kappa shape index (κ1) is 13.9. The lowest BCUT2D eigenvalue weighted by molar-refractivity contribution is 0.0520. The molecule has 1 rings (SSSR count). The number of ether oxygens (including phenoxy) is 1. The fourth-order valence-electron chi connectivity index (χ4n) is 1.32. The van der Waals surface area contributed by atoms with E-state index in [2.05, 4.69) is 5.10 Å². The van der Waals surface area contributed by atoms with Crippen LogP contribution in [0.1, 0.15) is 38.1 Å². The minimum Gasteiger partial charge on any atom is -0.767 e. The number of hydrogen-bond acceptors (Lipinski definition) is 5. The molecule has 0 aliphatic rings. The van der Waals surface area contributed by atoms with Crippen molar-refractivity contribution in [3.05, 3.63) is 11.8 Å². The highest BCUT2D eigenvalue weighted by atomic mass is 32.2. The molecule has 17 heavy (non-hydrogen) atoms. The van der Waals surface area contributed by atoms with Gasteiger partial charge in [0.2, 0.25) is 0 Å². The monoisotopic (exact) mass is 259 g/mol. The highest BCUT2D eigenvalue weighted by Crippen LogP contribution is 2.22. The Labute approximate surface area is 102 Å². The summed E-state index contributed by atoms with van der Waals surface area (Å²) in [4.78, 5) is 11.6. The highest BCUT2D eigenvalue weighted by Gasteiger charge is 2.25. The van der Waals surface area contributed by atoms with E-state index in [1.165, 1.54) is 10.9 Å². The Hall–Kier alpha value is -1.21. The molecule has 0 fully saturated rings. The molecule has 96 valence electrons. The lowest BCUT2D eigenvalue weighted by Crippen LogP contribution is -2.26. The number of hydrogen-bond donors (Lipinski definition) is 0. The van der Waals surface area contributed by atoms with Crippen molar-refractivity contribution >= 4 is 17.0 Å². The summed E-state index contributed by atoms with van der Waals surface area (Å²) in [6, 6.07) is 0. The molecule has 1 aromatic rings. The average molecular weight is 259 g/mol. The predicted molar refractivity (Wildman–Crippen MR) is 60.4 cm³/mol. The second-order valence-electron chi connectivity index (χ2n) is 4.40. The van der Waals surface area contributed by atoms with Gasteiger partial charge in [-0.3, -0.25) is 8.89 Å². The zero-order chi connectivity index (χ0) is 13.2. The van der Waals surface area contributed by atoms with Gasteiger partial charge in [0.25, 0.3) is 0 Å². The smallest absolute Gasteiger partial charge is 0.342 e. The molecular formula is C10H15N2O4S-. The summed E-state index contributed by atoms with van der Waals surface area (Å²) in [5.41, 5.74) is -0.560. The van der Waals surface area contributed by atoms with Crippen LogP contribution in [0.4, 0.5) is 0 Å². The first-order chi connectivity index (χ1) is 7.79. The van der Waals surface area contributed by atoms with Crippen molar-refractivity contribution in [3.63, 3.8) is 0 Å². The average Bonchev–Trinajstić information content (AvgIpc) is 2.61. The van der Waals surface area contributed by atoms with E-state index in [0.717, 1.165) is 0 Å². The first-order valence-corrected chi connectivity index (χ1v) is 6.21. The van der Waals surface area contributed by atoms with E-state index in [9.17, 15) is 13.6 Å². The topological polar surface area (TPSA) is 84.2 Å². The van der Waals surface area contributed by atoms with Crippen molar-refractivity contribution in [2.45, 2.75) is 38.3 Å². The Balaban J connectivity index is 3.30. The Bertz CT molecular complexity index is 448. The molecule has 0 radical (unpaired) electrons. The minimum atomic E-state index is -2.54. The molecule has 0 amide bonds. The zero-order valence-corrected chi connectivity index (χ0v) is 11.0. The van der Waals surface area contributed by atoms with Crippen LogP contribution in [-0.2, 0) is 21.4 Å². The molecule has 0 saturated heterocycles. The molecular weight excluding hydrogens is 244 g/mol. The standard InChI is InChI=1S/C10H16N2O4S/c1-5-16-9(13)7-6-11-12(10(2,3)4)8(7)17(14)15/h6H,5H2,1-4H3,(H,14,15)/p-1. The summed E-state index contributed by atoms with van der Waals surface area (Å²) >= 11 is -2.54. The summed E-state index contributed by atoms with van der Waals surface area (Å²) < 4.78 is 28.5. The van der Waals surface area contributed by atoms with Crippen LogP contribution in [0.2, 0.25) is 0 Å². The quantitative estimate of drug-likeness (QED) is 0.598. The molecule has 7 heteroatoms. The van der Waals surface area contributed by atoms with Crippen molar-refractivity contribution in [1.82, 2.24) is 9.78 Å². The fraction of sp³-hybridized carbons (Fsp3) is 0.600. The third-order valence-corrected chi connectivity index (χ3v) is 2.72. The van der Waals surface area contributed by atoms with E-state index < -0.39 is 22.6 Å². The molecule has 1 heterocycles. The van der Waals surface area contributed by atoms with Crippen molar-refractivity contribution in [1.29, 1.82) is 0 Å². The van der Waals surface area contributed by atoms with E-state index in [4.69, 9.17) is 4.74 Å². The van der Waals surface area contributed by atoms with Crippen molar-refractivity contribution in [3.8, 4) is 0 Å². The van der Waals surface area contributed by atoms with Gasteiger partial charge in [0, 0.05) is 0 Å². The van der Waals surface area contributed by atoms with Gasteiger partial charge in [0.1, 0.15) is 10.6 Å². The fourth-order valence-corrected chi connectivity index (χ4v) is 2.10. The van der Waals surface area contributed by atoms with E-state index in [1.807, 2.05) is 0 Å². The maximum atomic E-state index is 11.6. The van der Waals surface area contributed by atoms with Crippen LogP contribution < -0.4 is 0 Å². The molecule has 1 aromatic heterocycles. The minimum absolute atomic E-state index is 0.0323. The normalized spacial score (nSPS) is 13.5. The lowest BCUT2D eigenvalue weighted by Gasteiger charge is -2.23. The zero-order valence-electron chi connectivity index (χ0n) is 10.2. The predicted octanol–water partition coefficient (Wildman–Crippen LogP) is 1.05. The molecule has 0 saturated carbocycles. The molecule has 1 atom stereocenters. The first-order valence-electron chi connectivity index (χ1n) is 5.14. The summed E-state index contributed by atoms with van der Waals surface area (Å²) in [6.45, 7) is 7.23.